The highest BCUT2D eigenvalue weighted by Crippen LogP contribution is 2.30. The molecule has 2 unspecified atom stereocenters. The van der Waals surface area contributed by atoms with Crippen LogP contribution in [0.25, 0.3) is 0 Å². The Morgan fingerprint density at radius 3 is 2.81 bits per heavy atom. The van der Waals surface area contributed by atoms with Gasteiger partial charge < -0.3 is 10.4 Å². The van der Waals surface area contributed by atoms with Crippen LogP contribution in [0.5, 0.6) is 0 Å². The molecule has 0 radical (unpaired) electrons. The SMILES string of the molecule is OCC1CNCCC1c1ccc(F)c(F)c1. The molecule has 1 aromatic carbocycles. The third-order valence-electron chi connectivity index (χ3n) is 3.21. The third kappa shape index (κ3) is 2.23. The van der Waals surface area contributed by atoms with Crippen LogP contribution in [0.15, 0.2) is 18.2 Å². The summed E-state index contributed by atoms with van der Waals surface area (Å²) in [5.74, 6) is -1.44. The molecule has 0 bridgehead atoms. The van der Waals surface area contributed by atoms with Crippen molar-refractivity contribution in [3.8, 4) is 0 Å². The minimum Gasteiger partial charge on any atom is -0.396 e. The van der Waals surface area contributed by atoms with Gasteiger partial charge in [-0.15, -0.1) is 0 Å². The summed E-state index contributed by atoms with van der Waals surface area (Å²) >= 11 is 0. The van der Waals surface area contributed by atoms with Gasteiger partial charge in [0.15, 0.2) is 11.6 Å². The van der Waals surface area contributed by atoms with E-state index < -0.39 is 11.6 Å². The maximum absolute atomic E-state index is 13.1. The van der Waals surface area contributed by atoms with Gasteiger partial charge >= 0.3 is 0 Å². The minimum atomic E-state index is -0.821. The van der Waals surface area contributed by atoms with Gasteiger partial charge in [0.25, 0.3) is 0 Å². The summed E-state index contributed by atoms with van der Waals surface area (Å²) in [5, 5.41) is 12.4. The molecule has 0 spiro atoms. The topological polar surface area (TPSA) is 32.3 Å². The van der Waals surface area contributed by atoms with Crippen molar-refractivity contribution in [3.05, 3.63) is 35.4 Å². The Bertz CT molecular complexity index is 370. The summed E-state index contributed by atoms with van der Waals surface area (Å²) in [6.45, 7) is 1.64. The highest BCUT2D eigenvalue weighted by Gasteiger charge is 2.26. The van der Waals surface area contributed by atoms with Gasteiger partial charge in [-0.3, -0.25) is 0 Å². The molecule has 0 saturated carbocycles. The quantitative estimate of drug-likeness (QED) is 0.805. The van der Waals surface area contributed by atoms with Gasteiger partial charge in [-0.2, -0.15) is 0 Å². The number of aliphatic hydroxyl groups is 1. The molecular formula is C12H15F2NO. The molecule has 0 aliphatic carbocycles. The molecule has 4 heteroatoms. The highest BCUT2D eigenvalue weighted by molar-refractivity contribution is 5.23. The van der Waals surface area contributed by atoms with Crippen molar-refractivity contribution in [2.45, 2.75) is 12.3 Å². The molecule has 0 amide bonds. The maximum atomic E-state index is 13.1. The Balaban J connectivity index is 2.23. The number of piperidine rings is 1. The number of nitrogens with one attached hydrogen (secondary N) is 1. The second kappa shape index (κ2) is 4.89. The predicted molar refractivity (Wildman–Crippen MR) is 57.2 cm³/mol. The summed E-state index contributed by atoms with van der Waals surface area (Å²) in [7, 11) is 0. The lowest BCUT2D eigenvalue weighted by Crippen LogP contribution is -2.37. The van der Waals surface area contributed by atoms with Gasteiger partial charge in [0.05, 0.1) is 0 Å². The van der Waals surface area contributed by atoms with Crippen LogP contribution in [-0.4, -0.2) is 24.8 Å². The largest absolute Gasteiger partial charge is 0.396 e. The second-order valence-electron chi connectivity index (χ2n) is 4.22. The van der Waals surface area contributed by atoms with Gasteiger partial charge in [-0.25, -0.2) is 8.78 Å². The molecule has 1 aliphatic rings. The lowest BCUT2D eigenvalue weighted by Gasteiger charge is -2.31. The fourth-order valence-electron chi connectivity index (χ4n) is 2.30. The van der Waals surface area contributed by atoms with E-state index in [4.69, 9.17) is 0 Å². The molecule has 2 nitrogen and oxygen atoms in total. The molecule has 0 aromatic heterocycles. The molecule has 2 N–H and O–H groups in total. The number of hydrogen-bond acceptors (Lipinski definition) is 2. The van der Waals surface area contributed by atoms with Crippen LogP contribution >= 0.6 is 0 Å². The van der Waals surface area contributed by atoms with E-state index in [2.05, 4.69) is 5.32 Å². The van der Waals surface area contributed by atoms with Crippen molar-refractivity contribution in [1.29, 1.82) is 0 Å². The summed E-state index contributed by atoms with van der Waals surface area (Å²) in [6.07, 6.45) is 0.844. The monoisotopic (exact) mass is 227 g/mol. The van der Waals surface area contributed by atoms with Gasteiger partial charge in [-0.1, -0.05) is 6.07 Å². The smallest absolute Gasteiger partial charge is 0.159 e. The molecule has 1 heterocycles. The molecule has 1 aliphatic heterocycles. The Morgan fingerprint density at radius 1 is 1.31 bits per heavy atom. The maximum Gasteiger partial charge on any atom is 0.159 e. The van der Waals surface area contributed by atoms with Crippen molar-refractivity contribution in [1.82, 2.24) is 5.32 Å². The number of hydrogen-bond donors (Lipinski definition) is 2. The van der Waals surface area contributed by atoms with E-state index in [1.807, 2.05) is 0 Å². The van der Waals surface area contributed by atoms with Gasteiger partial charge in [0.2, 0.25) is 0 Å². The fraction of sp³-hybridized carbons (Fsp3) is 0.500. The summed E-state index contributed by atoms with van der Waals surface area (Å²) in [6, 6.07) is 4.01. The van der Waals surface area contributed by atoms with Crippen molar-refractivity contribution in [3.63, 3.8) is 0 Å². The van der Waals surface area contributed by atoms with Crippen molar-refractivity contribution in [2.75, 3.05) is 19.7 Å². The van der Waals surface area contributed by atoms with Crippen LogP contribution in [0.4, 0.5) is 8.78 Å². The Morgan fingerprint density at radius 2 is 2.12 bits per heavy atom. The normalized spacial score (nSPS) is 25.7. The van der Waals surface area contributed by atoms with Crippen molar-refractivity contribution >= 4 is 0 Å². The van der Waals surface area contributed by atoms with E-state index >= 15 is 0 Å². The van der Waals surface area contributed by atoms with Crippen LogP contribution in [0.2, 0.25) is 0 Å². The van der Waals surface area contributed by atoms with E-state index in [1.54, 1.807) is 6.07 Å². The Labute approximate surface area is 93.3 Å². The molecule has 2 atom stereocenters. The first kappa shape index (κ1) is 11.5. The zero-order valence-corrected chi connectivity index (χ0v) is 8.92. The average molecular weight is 227 g/mol. The lowest BCUT2D eigenvalue weighted by molar-refractivity contribution is 0.179. The molecular weight excluding hydrogens is 212 g/mol. The van der Waals surface area contributed by atoms with E-state index in [0.717, 1.165) is 31.1 Å². The molecule has 1 fully saturated rings. The number of halogens is 2. The van der Waals surface area contributed by atoms with Crippen molar-refractivity contribution in [2.24, 2.45) is 5.92 Å². The van der Waals surface area contributed by atoms with E-state index in [-0.39, 0.29) is 18.4 Å². The van der Waals surface area contributed by atoms with Gasteiger partial charge in [-0.05, 0) is 36.6 Å². The average Bonchev–Trinajstić information content (AvgIpc) is 2.32. The zero-order valence-electron chi connectivity index (χ0n) is 8.92. The standard InChI is InChI=1S/C12H15F2NO/c13-11-2-1-8(5-12(11)14)10-3-4-15-6-9(10)7-16/h1-2,5,9-10,15-16H,3-4,6-7H2. The summed E-state index contributed by atoms with van der Waals surface area (Å²) in [4.78, 5) is 0. The number of benzene rings is 1. The van der Waals surface area contributed by atoms with E-state index in [1.165, 1.54) is 6.07 Å². The molecule has 1 aromatic rings. The van der Waals surface area contributed by atoms with E-state index in [0.29, 0.717) is 0 Å². The lowest BCUT2D eigenvalue weighted by atomic mass is 9.81. The Hall–Kier alpha value is -1.00. The minimum absolute atomic E-state index is 0.0661. The highest BCUT2D eigenvalue weighted by atomic mass is 19.2. The van der Waals surface area contributed by atoms with E-state index in [9.17, 15) is 13.9 Å². The number of aliphatic hydroxyl groups excluding tert-OH is 1. The first-order valence-corrected chi connectivity index (χ1v) is 5.49. The van der Waals surface area contributed by atoms with Gasteiger partial charge in [0, 0.05) is 19.1 Å². The van der Waals surface area contributed by atoms with Gasteiger partial charge in [0.1, 0.15) is 0 Å². The van der Waals surface area contributed by atoms with Crippen molar-refractivity contribution < 1.29 is 13.9 Å². The Kier molecular flexibility index (Phi) is 3.51. The first-order valence-electron chi connectivity index (χ1n) is 5.49. The second-order valence-corrected chi connectivity index (χ2v) is 4.22. The van der Waals surface area contributed by atoms with Crippen LogP contribution in [-0.2, 0) is 0 Å². The fourth-order valence-corrected chi connectivity index (χ4v) is 2.30. The predicted octanol–water partition coefficient (Wildman–Crippen LogP) is 1.65. The third-order valence-corrected chi connectivity index (χ3v) is 3.21. The number of rotatable bonds is 2. The molecule has 88 valence electrons. The molecule has 16 heavy (non-hydrogen) atoms. The first-order chi connectivity index (χ1) is 7.72. The zero-order chi connectivity index (χ0) is 11.5. The van der Waals surface area contributed by atoms with Crippen LogP contribution in [0.3, 0.4) is 0 Å². The summed E-state index contributed by atoms with van der Waals surface area (Å²) in [5.41, 5.74) is 0.777. The van der Waals surface area contributed by atoms with Crippen LogP contribution < -0.4 is 5.32 Å². The molecule has 2 rings (SSSR count). The summed E-state index contributed by atoms with van der Waals surface area (Å²) < 4.78 is 25.9. The molecule has 1 saturated heterocycles. The van der Waals surface area contributed by atoms with Crippen LogP contribution in [0.1, 0.15) is 17.9 Å². The van der Waals surface area contributed by atoms with Crippen LogP contribution in [0, 0.1) is 17.6 Å².